The Morgan fingerprint density at radius 1 is 1.32 bits per heavy atom. The van der Waals surface area contributed by atoms with Gasteiger partial charge in [0.1, 0.15) is 0 Å². The van der Waals surface area contributed by atoms with Gasteiger partial charge in [0.25, 0.3) is 5.69 Å². The molecule has 0 saturated heterocycles. The van der Waals surface area contributed by atoms with Crippen LogP contribution in [0.5, 0.6) is 0 Å². The van der Waals surface area contributed by atoms with E-state index in [1.54, 1.807) is 0 Å². The summed E-state index contributed by atoms with van der Waals surface area (Å²) in [5.74, 6) is -2.90. The molecule has 1 aliphatic heterocycles. The summed E-state index contributed by atoms with van der Waals surface area (Å²) in [5.41, 5.74) is 0.0808. The minimum atomic E-state index is -1.24. The Labute approximate surface area is 124 Å². The Morgan fingerprint density at radius 2 is 2.00 bits per heavy atom. The van der Waals surface area contributed by atoms with Gasteiger partial charge in [-0.1, -0.05) is 12.1 Å². The monoisotopic (exact) mass is 304 g/mol. The number of carbonyl (C=O) groups is 2. The zero-order chi connectivity index (χ0) is 16.3. The highest BCUT2D eigenvalue weighted by Gasteiger charge is 2.33. The highest BCUT2D eigenvalue weighted by molar-refractivity contribution is 5.97. The first kappa shape index (κ1) is 15.2. The Morgan fingerprint density at radius 3 is 2.59 bits per heavy atom. The lowest BCUT2D eigenvalue weighted by Gasteiger charge is -2.23. The van der Waals surface area contributed by atoms with Gasteiger partial charge in [0.15, 0.2) is 0 Å². The minimum Gasteiger partial charge on any atom is -0.478 e. The lowest BCUT2D eigenvalue weighted by molar-refractivity contribution is -0.384. The van der Waals surface area contributed by atoms with Gasteiger partial charge in [-0.25, -0.2) is 9.59 Å². The summed E-state index contributed by atoms with van der Waals surface area (Å²) in [6.07, 6.45) is 2.56. The van der Waals surface area contributed by atoms with Gasteiger partial charge in [0, 0.05) is 24.5 Å². The number of nitrogens with one attached hydrogen (secondary N) is 1. The molecule has 2 N–H and O–H groups in total. The zero-order valence-corrected chi connectivity index (χ0v) is 11.5. The van der Waals surface area contributed by atoms with Crippen molar-refractivity contribution in [3.63, 3.8) is 0 Å². The molecule has 0 bridgehead atoms. The first-order valence-corrected chi connectivity index (χ1v) is 6.18. The largest absolute Gasteiger partial charge is 0.478 e. The van der Waals surface area contributed by atoms with Gasteiger partial charge in [-0.3, -0.25) is 10.1 Å². The number of nitrogens with zero attached hydrogens (tertiary/aromatic N) is 1. The second-order valence-electron chi connectivity index (χ2n) is 4.45. The summed E-state index contributed by atoms with van der Waals surface area (Å²) in [6, 6.07) is 5.49. The molecule has 1 unspecified atom stereocenters. The molecule has 22 heavy (non-hydrogen) atoms. The molecule has 0 saturated carbocycles. The van der Waals surface area contributed by atoms with E-state index in [1.807, 2.05) is 0 Å². The number of rotatable bonds is 4. The smallest absolute Gasteiger partial charge is 0.336 e. The van der Waals surface area contributed by atoms with E-state index < -0.39 is 22.8 Å². The maximum Gasteiger partial charge on any atom is 0.336 e. The van der Waals surface area contributed by atoms with E-state index in [0.717, 1.165) is 0 Å². The SMILES string of the molecule is COC(=O)C1=CNC=C(C(=O)O)C1c1cccc([N+](=O)[O-])c1. The summed E-state index contributed by atoms with van der Waals surface area (Å²) in [6.45, 7) is 0. The van der Waals surface area contributed by atoms with Crippen LogP contribution in [0, 0.1) is 10.1 Å². The fraction of sp³-hybridized carbons (Fsp3) is 0.143. The fourth-order valence-corrected chi connectivity index (χ4v) is 2.21. The molecule has 8 heteroatoms. The molecule has 1 aliphatic rings. The predicted molar refractivity (Wildman–Crippen MR) is 74.8 cm³/mol. The zero-order valence-electron chi connectivity index (χ0n) is 11.5. The van der Waals surface area contributed by atoms with Crippen molar-refractivity contribution >= 4 is 17.6 Å². The molecule has 2 rings (SSSR count). The Balaban J connectivity index is 2.55. The van der Waals surface area contributed by atoms with Crippen molar-refractivity contribution in [3.8, 4) is 0 Å². The van der Waals surface area contributed by atoms with Crippen LogP contribution in [0.25, 0.3) is 0 Å². The van der Waals surface area contributed by atoms with E-state index in [9.17, 15) is 24.8 Å². The van der Waals surface area contributed by atoms with Crippen molar-refractivity contribution in [2.24, 2.45) is 0 Å². The molecule has 1 atom stereocenters. The summed E-state index contributed by atoms with van der Waals surface area (Å²) < 4.78 is 4.65. The lowest BCUT2D eigenvalue weighted by Crippen LogP contribution is -2.25. The maximum absolute atomic E-state index is 11.9. The van der Waals surface area contributed by atoms with Gasteiger partial charge in [0.2, 0.25) is 0 Å². The van der Waals surface area contributed by atoms with E-state index >= 15 is 0 Å². The third-order valence-electron chi connectivity index (χ3n) is 3.18. The van der Waals surface area contributed by atoms with Gasteiger partial charge < -0.3 is 15.2 Å². The number of esters is 1. The van der Waals surface area contributed by atoms with E-state index in [-0.39, 0.29) is 16.8 Å². The quantitative estimate of drug-likeness (QED) is 0.489. The number of nitro benzene ring substituents is 1. The predicted octanol–water partition coefficient (Wildman–Crippen LogP) is 1.31. The van der Waals surface area contributed by atoms with Crippen LogP contribution >= 0.6 is 0 Å². The first-order valence-electron chi connectivity index (χ1n) is 6.18. The van der Waals surface area contributed by atoms with Crippen LogP contribution < -0.4 is 5.32 Å². The summed E-state index contributed by atoms with van der Waals surface area (Å²) in [7, 11) is 1.17. The molecule has 1 heterocycles. The number of dihydropyridines is 1. The number of nitro groups is 1. The van der Waals surface area contributed by atoms with Crippen molar-refractivity contribution in [2.45, 2.75) is 5.92 Å². The third kappa shape index (κ3) is 2.80. The molecule has 0 aromatic heterocycles. The molecule has 0 spiro atoms. The summed E-state index contributed by atoms with van der Waals surface area (Å²) >= 11 is 0. The van der Waals surface area contributed by atoms with Gasteiger partial charge in [-0.05, 0) is 5.56 Å². The number of ether oxygens (including phenoxy) is 1. The second kappa shape index (κ2) is 6.08. The number of hydrogen-bond donors (Lipinski definition) is 2. The average molecular weight is 304 g/mol. The normalized spacial score (nSPS) is 16.9. The molecular formula is C14H12N2O6. The number of benzene rings is 1. The third-order valence-corrected chi connectivity index (χ3v) is 3.18. The Kier molecular flexibility index (Phi) is 4.21. The van der Waals surface area contributed by atoms with Crippen LogP contribution in [-0.4, -0.2) is 29.1 Å². The van der Waals surface area contributed by atoms with Crippen LogP contribution in [0.3, 0.4) is 0 Å². The van der Waals surface area contributed by atoms with Crippen molar-refractivity contribution in [1.82, 2.24) is 5.32 Å². The lowest BCUT2D eigenvalue weighted by atomic mass is 9.83. The van der Waals surface area contributed by atoms with Crippen molar-refractivity contribution in [3.05, 3.63) is 63.5 Å². The molecular weight excluding hydrogens is 292 g/mol. The maximum atomic E-state index is 11.9. The van der Waals surface area contributed by atoms with Gasteiger partial charge >= 0.3 is 11.9 Å². The van der Waals surface area contributed by atoms with Gasteiger partial charge in [-0.2, -0.15) is 0 Å². The molecule has 0 radical (unpaired) electrons. The highest BCUT2D eigenvalue weighted by Crippen LogP contribution is 2.35. The van der Waals surface area contributed by atoms with Crippen LogP contribution in [0.15, 0.2) is 47.8 Å². The van der Waals surface area contributed by atoms with Gasteiger partial charge in [0.05, 0.1) is 29.1 Å². The topological polar surface area (TPSA) is 119 Å². The Bertz CT molecular complexity index is 707. The molecule has 0 fully saturated rings. The van der Waals surface area contributed by atoms with Crippen molar-refractivity contribution < 1.29 is 24.4 Å². The summed E-state index contributed by atoms with van der Waals surface area (Å²) in [4.78, 5) is 33.5. The number of carboxylic acids is 1. The van der Waals surface area contributed by atoms with E-state index in [2.05, 4.69) is 10.1 Å². The van der Waals surface area contributed by atoms with Crippen molar-refractivity contribution in [2.75, 3.05) is 7.11 Å². The van der Waals surface area contributed by atoms with Crippen LogP contribution in [0.4, 0.5) is 5.69 Å². The number of hydrogen-bond acceptors (Lipinski definition) is 6. The average Bonchev–Trinajstić information content (AvgIpc) is 2.53. The molecule has 1 aromatic carbocycles. The number of non-ortho nitro benzene ring substituents is 1. The number of carbonyl (C=O) groups excluding carboxylic acids is 1. The molecule has 0 amide bonds. The van der Waals surface area contributed by atoms with Gasteiger partial charge in [-0.15, -0.1) is 0 Å². The minimum absolute atomic E-state index is 0.0582. The summed E-state index contributed by atoms with van der Waals surface area (Å²) in [5, 5.41) is 22.8. The number of methoxy groups -OCH3 is 1. The fourth-order valence-electron chi connectivity index (χ4n) is 2.21. The molecule has 0 aliphatic carbocycles. The van der Waals surface area contributed by atoms with E-state index in [4.69, 9.17) is 0 Å². The van der Waals surface area contributed by atoms with Crippen LogP contribution in [0.2, 0.25) is 0 Å². The number of aliphatic carboxylic acids is 1. The second-order valence-corrected chi connectivity index (χ2v) is 4.45. The highest BCUT2D eigenvalue weighted by atomic mass is 16.6. The molecule has 1 aromatic rings. The standard InChI is InChI=1S/C14H12N2O6/c1-22-14(19)11-7-15-6-10(13(17)18)12(11)8-3-2-4-9(5-8)16(20)21/h2-7,12,15H,1H3,(H,17,18). The number of carboxylic acid groups (broad SMARTS) is 1. The first-order chi connectivity index (χ1) is 10.5. The van der Waals surface area contributed by atoms with Crippen LogP contribution in [-0.2, 0) is 14.3 Å². The molecule has 114 valence electrons. The van der Waals surface area contributed by atoms with E-state index in [0.29, 0.717) is 5.56 Å². The Hall–Kier alpha value is -3.16. The molecule has 8 nitrogen and oxygen atoms in total. The van der Waals surface area contributed by atoms with Crippen LogP contribution in [0.1, 0.15) is 11.5 Å². The van der Waals surface area contributed by atoms with E-state index in [1.165, 1.54) is 43.8 Å². The van der Waals surface area contributed by atoms with Crippen molar-refractivity contribution in [1.29, 1.82) is 0 Å².